The Morgan fingerprint density at radius 1 is 1.07 bits per heavy atom. The molecule has 0 saturated carbocycles. The number of carbonyl (C=O) groups is 1. The SMILES string of the molecule is CCN(CC)C(=O)c1ccc(CNC(=NC)N(C)Cc2ccccc2OC)cc1.I. The van der Waals surface area contributed by atoms with E-state index in [4.69, 9.17) is 4.74 Å². The third-order valence-corrected chi connectivity index (χ3v) is 4.88. The van der Waals surface area contributed by atoms with Gasteiger partial charge in [0, 0.05) is 51.4 Å². The maximum absolute atomic E-state index is 12.4. The first-order valence-corrected chi connectivity index (χ1v) is 9.95. The molecular weight excluding hydrogens is 491 g/mol. The first-order chi connectivity index (χ1) is 14.0. The van der Waals surface area contributed by atoms with E-state index in [2.05, 4.69) is 15.2 Å². The van der Waals surface area contributed by atoms with E-state index in [0.717, 1.165) is 28.4 Å². The van der Waals surface area contributed by atoms with Crippen LogP contribution in [0.3, 0.4) is 0 Å². The number of benzene rings is 2. The molecule has 2 aromatic carbocycles. The van der Waals surface area contributed by atoms with Gasteiger partial charge in [0.15, 0.2) is 5.96 Å². The molecule has 0 aliphatic heterocycles. The normalized spacial score (nSPS) is 10.8. The number of amides is 1. The Labute approximate surface area is 197 Å². The van der Waals surface area contributed by atoms with E-state index in [1.54, 1.807) is 14.2 Å². The minimum atomic E-state index is 0. The van der Waals surface area contributed by atoms with E-state index < -0.39 is 0 Å². The molecule has 0 bridgehead atoms. The molecule has 0 spiro atoms. The summed E-state index contributed by atoms with van der Waals surface area (Å²) in [4.78, 5) is 20.7. The molecule has 6 nitrogen and oxygen atoms in total. The van der Waals surface area contributed by atoms with Crippen molar-refractivity contribution >= 4 is 35.8 Å². The van der Waals surface area contributed by atoms with Crippen LogP contribution in [0.4, 0.5) is 0 Å². The molecule has 0 atom stereocenters. The Balaban J connectivity index is 0.00000450. The van der Waals surface area contributed by atoms with Gasteiger partial charge >= 0.3 is 0 Å². The lowest BCUT2D eigenvalue weighted by Crippen LogP contribution is -2.38. The lowest BCUT2D eigenvalue weighted by Gasteiger charge is -2.23. The van der Waals surface area contributed by atoms with Gasteiger partial charge in [0.1, 0.15) is 5.75 Å². The Morgan fingerprint density at radius 2 is 1.70 bits per heavy atom. The molecule has 1 N–H and O–H groups in total. The lowest BCUT2D eigenvalue weighted by molar-refractivity contribution is 0.0773. The number of hydrogen-bond donors (Lipinski definition) is 1. The summed E-state index contributed by atoms with van der Waals surface area (Å²) in [6, 6.07) is 15.7. The van der Waals surface area contributed by atoms with E-state index in [9.17, 15) is 4.79 Å². The average molecular weight is 524 g/mol. The summed E-state index contributed by atoms with van der Waals surface area (Å²) >= 11 is 0. The lowest BCUT2D eigenvalue weighted by atomic mass is 10.1. The third kappa shape index (κ3) is 6.90. The monoisotopic (exact) mass is 524 g/mol. The van der Waals surface area contributed by atoms with E-state index in [1.807, 2.05) is 74.3 Å². The largest absolute Gasteiger partial charge is 0.496 e. The number of aliphatic imine (C=N–C) groups is 1. The van der Waals surface area contributed by atoms with Crippen molar-refractivity contribution in [3.8, 4) is 5.75 Å². The molecule has 0 aliphatic carbocycles. The van der Waals surface area contributed by atoms with Crippen LogP contribution in [0.25, 0.3) is 0 Å². The van der Waals surface area contributed by atoms with Crippen LogP contribution in [-0.2, 0) is 13.1 Å². The summed E-state index contributed by atoms with van der Waals surface area (Å²) in [6.07, 6.45) is 0. The number of ether oxygens (including phenoxy) is 1. The topological polar surface area (TPSA) is 57.2 Å². The Bertz CT molecular complexity index is 820. The Hall–Kier alpha value is -2.29. The molecule has 2 aromatic rings. The first kappa shape index (κ1) is 25.7. The van der Waals surface area contributed by atoms with Crippen LogP contribution < -0.4 is 10.1 Å². The highest BCUT2D eigenvalue weighted by molar-refractivity contribution is 14.0. The number of nitrogens with one attached hydrogen (secondary N) is 1. The predicted octanol–water partition coefficient (Wildman–Crippen LogP) is 4.00. The van der Waals surface area contributed by atoms with Crippen LogP contribution in [0, 0.1) is 0 Å². The molecule has 0 aliphatic rings. The molecule has 7 heteroatoms. The van der Waals surface area contributed by atoms with Gasteiger partial charge < -0.3 is 19.9 Å². The van der Waals surface area contributed by atoms with Crippen molar-refractivity contribution in [2.75, 3.05) is 34.3 Å². The van der Waals surface area contributed by atoms with Crippen LogP contribution in [0.1, 0.15) is 35.3 Å². The van der Waals surface area contributed by atoms with Crippen LogP contribution in [0.2, 0.25) is 0 Å². The van der Waals surface area contributed by atoms with E-state index in [0.29, 0.717) is 26.2 Å². The van der Waals surface area contributed by atoms with Crippen LogP contribution in [-0.4, -0.2) is 56.0 Å². The number of rotatable bonds is 8. The van der Waals surface area contributed by atoms with E-state index in [1.165, 1.54) is 0 Å². The molecular formula is C23H33IN4O2. The molecule has 0 fully saturated rings. The molecule has 1 amide bonds. The molecule has 0 radical (unpaired) electrons. The van der Waals surface area contributed by atoms with Crippen LogP contribution in [0.15, 0.2) is 53.5 Å². The van der Waals surface area contributed by atoms with Crippen molar-refractivity contribution in [1.29, 1.82) is 0 Å². The molecule has 2 rings (SSSR count). The van der Waals surface area contributed by atoms with Gasteiger partial charge in [-0.25, -0.2) is 0 Å². The van der Waals surface area contributed by atoms with Crippen molar-refractivity contribution in [1.82, 2.24) is 15.1 Å². The smallest absolute Gasteiger partial charge is 0.253 e. The van der Waals surface area contributed by atoms with Crippen molar-refractivity contribution in [2.24, 2.45) is 4.99 Å². The number of halogens is 1. The van der Waals surface area contributed by atoms with E-state index in [-0.39, 0.29) is 29.9 Å². The van der Waals surface area contributed by atoms with Gasteiger partial charge in [0.05, 0.1) is 7.11 Å². The highest BCUT2D eigenvalue weighted by atomic mass is 127. The number of methoxy groups -OCH3 is 1. The number of para-hydroxylation sites is 1. The summed E-state index contributed by atoms with van der Waals surface area (Å²) in [6.45, 7) is 6.73. The minimum absolute atomic E-state index is 0. The summed E-state index contributed by atoms with van der Waals surface area (Å²) < 4.78 is 5.43. The van der Waals surface area contributed by atoms with Gasteiger partial charge in [-0.05, 0) is 37.6 Å². The van der Waals surface area contributed by atoms with Gasteiger partial charge in [0.25, 0.3) is 5.91 Å². The number of nitrogens with zero attached hydrogens (tertiary/aromatic N) is 3. The van der Waals surface area contributed by atoms with Gasteiger partial charge in [-0.3, -0.25) is 9.79 Å². The fourth-order valence-electron chi connectivity index (χ4n) is 3.19. The second-order valence-corrected chi connectivity index (χ2v) is 6.74. The second kappa shape index (κ2) is 13.1. The summed E-state index contributed by atoms with van der Waals surface area (Å²) in [5.74, 6) is 1.73. The zero-order valence-electron chi connectivity index (χ0n) is 18.5. The summed E-state index contributed by atoms with van der Waals surface area (Å²) in [5.41, 5.74) is 2.91. The predicted molar refractivity (Wildman–Crippen MR) is 134 cm³/mol. The first-order valence-electron chi connectivity index (χ1n) is 9.95. The second-order valence-electron chi connectivity index (χ2n) is 6.74. The standard InChI is InChI=1S/C23H32N4O2.HI/c1-6-27(7-2)22(28)19-14-12-18(13-15-19)16-25-23(24-3)26(4)17-20-10-8-9-11-21(20)29-5;/h8-15H,6-7,16-17H2,1-5H3,(H,24,25);1H. The highest BCUT2D eigenvalue weighted by Crippen LogP contribution is 2.18. The number of guanidine groups is 1. The molecule has 30 heavy (non-hydrogen) atoms. The minimum Gasteiger partial charge on any atom is -0.496 e. The van der Waals surface area contributed by atoms with Gasteiger partial charge in [0.2, 0.25) is 0 Å². The van der Waals surface area contributed by atoms with Gasteiger partial charge in [-0.2, -0.15) is 0 Å². The Kier molecular flexibility index (Phi) is 11.2. The van der Waals surface area contributed by atoms with Crippen molar-refractivity contribution in [2.45, 2.75) is 26.9 Å². The molecule has 0 saturated heterocycles. The zero-order chi connectivity index (χ0) is 21.2. The quantitative estimate of drug-likeness (QED) is 0.322. The van der Waals surface area contributed by atoms with Crippen LogP contribution >= 0.6 is 24.0 Å². The fraction of sp³-hybridized carbons (Fsp3) is 0.391. The third-order valence-electron chi connectivity index (χ3n) is 4.88. The molecule has 0 heterocycles. The van der Waals surface area contributed by atoms with Gasteiger partial charge in [-0.1, -0.05) is 30.3 Å². The Morgan fingerprint density at radius 3 is 2.27 bits per heavy atom. The summed E-state index contributed by atoms with van der Waals surface area (Å²) in [5, 5.41) is 3.38. The highest BCUT2D eigenvalue weighted by Gasteiger charge is 2.13. The number of hydrogen-bond acceptors (Lipinski definition) is 3. The summed E-state index contributed by atoms with van der Waals surface area (Å²) in [7, 11) is 5.45. The van der Waals surface area contributed by atoms with Crippen molar-refractivity contribution in [3.63, 3.8) is 0 Å². The van der Waals surface area contributed by atoms with Crippen LogP contribution in [0.5, 0.6) is 5.75 Å². The number of carbonyl (C=O) groups excluding carboxylic acids is 1. The maximum atomic E-state index is 12.4. The van der Waals surface area contributed by atoms with Gasteiger partial charge in [-0.15, -0.1) is 24.0 Å². The molecule has 0 unspecified atom stereocenters. The molecule has 164 valence electrons. The van der Waals surface area contributed by atoms with Crippen molar-refractivity contribution in [3.05, 3.63) is 65.2 Å². The fourth-order valence-corrected chi connectivity index (χ4v) is 3.19. The maximum Gasteiger partial charge on any atom is 0.253 e. The van der Waals surface area contributed by atoms with Crippen molar-refractivity contribution < 1.29 is 9.53 Å². The molecule has 0 aromatic heterocycles. The average Bonchev–Trinajstić information content (AvgIpc) is 2.75. The van der Waals surface area contributed by atoms with E-state index >= 15 is 0 Å². The zero-order valence-corrected chi connectivity index (χ0v) is 20.8.